The normalized spacial score (nSPS) is 20.4. The Morgan fingerprint density at radius 1 is 0.589 bits per heavy atom. The van der Waals surface area contributed by atoms with Crippen molar-refractivity contribution >= 4 is 33.2 Å². The first kappa shape index (κ1) is 37.9. The number of benzene rings is 5. The van der Waals surface area contributed by atoms with E-state index >= 15 is 0 Å². The van der Waals surface area contributed by atoms with E-state index in [1.54, 1.807) is 16.7 Å². The van der Waals surface area contributed by atoms with Crippen LogP contribution in [-0.4, -0.2) is 10.1 Å². The van der Waals surface area contributed by atoms with Crippen LogP contribution in [0.3, 0.4) is 0 Å². The van der Waals surface area contributed by atoms with E-state index in [2.05, 4.69) is 67.5 Å². The third-order valence-electron chi connectivity index (χ3n) is 12.4. The maximum atomic E-state index is 15.0. The second-order valence-corrected chi connectivity index (χ2v) is 18.0. The summed E-state index contributed by atoms with van der Waals surface area (Å²) in [6.45, 7) is 17.1. The van der Waals surface area contributed by atoms with Crippen molar-refractivity contribution in [1.82, 2.24) is 4.57 Å². The Balaban J connectivity index is 1.38. The average Bonchev–Trinajstić information content (AvgIpc) is 3.59. The van der Waals surface area contributed by atoms with E-state index in [0.29, 0.717) is 11.0 Å². The molecule has 1 aliphatic carbocycles. The van der Waals surface area contributed by atoms with Gasteiger partial charge in [-0.1, -0.05) is 103 Å². The molecule has 5 aromatic carbocycles. The number of rotatable bonds is 3. The summed E-state index contributed by atoms with van der Waals surface area (Å²) < 4.78 is 91.3. The van der Waals surface area contributed by atoms with Crippen LogP contribution in [0.15, 0.2) is 115 Å². The number of alkyl halides is 6. The first-order valence-corrected chi connectivity index (χ1v) is 19.2. The molecule has 0 radical (unpaired) electrons. The zero-order chi connectivity index (χ0) is 40.3. The number of aromatic nitrogens is 1. The van der Waals surface area contributed by atoms with Crippen LogP contribution in [0.5, 0.6) is 0 Å². The molecule has 0 fully saturated rings. The van der Waals surface area contributed by atoms with Crippen LogP contribution in [0.25, 0.3) is 38.6 Å². The third-order valence-corrected chi connectivity index (χ3v) is 12.4. The van der Waals surface area contributed by atoms with Crippen LogP contribution >= 0.6 is 0 Å². The lowest BCUT2D eigenvalue weighted by Crippen LogP contribution is -2.51. The van der Waals surface area contributed by atoms with Crippen molar-refractivity contribution < 1.29 is 26.3 Å². The highest BCUT2D eigenvalue weighted by molar-refractivity contribution is 6.09. The van der Waals surface area contributed by atoms with Gasteiger partial charge < -0.3 is 9.47 Å². The maximum absolute atomic E-state index is 15.0. The molecule has 0 spiro atoms. The van der Waals surface area contributed by atoms with Crippen molar-refractivity contribution in [1.29, 1.82) is 0 Å². The summed E-state index contributed by atoms with van der Waals surface area (Å²) in [6, 6.07) is 28.7. The molecule has 0 saturated carbocycles. The lowest BCUT2D eigenvalue weighted by Gasteiger charge is -2.49. The summed E-state index contributed by atoms with van der Waals surface area (Å²) in [6.07, 6.45) is -6.47. The van der Waals surface area contributed by atoms with Crippen molar-refractivity contribution in [3.63, 3.8) is 0 Å². The second kappa shape index (κ2) is 12.5. The Kier molecular flexibility index (Phi) is 8.47. The Bertz CT molecular complexity index is 2560. The van der Waals surface area contributed by atoms with Gasteiger partial charge in [-0.15, -0.1) is 0 Å². The van der Waals surface area contributed by atoms with Gasteiger partial charge in [0.25, 0.3) is 0 Å². The van der Waals surface area contributed by atoms with Crippen LogP contribution in [0.4, 0.5) is 37.7 Å². The van der Waals surface area contributed by atoms with Crippen molar-refractivity contribution in [2.45, 2.75) is 91.0 Å². The number of nitrogens with zero attached hydrogens (tertiary/aromatic N) is 2. The van der Waals surface area contributed by atoms with Crippen LogP contribution in [0.1, 0.15) is 90.0 Å². The van der Waals surface area contributed by atoms with Crippen molar-refractivity contribution in [3.8, 4) is 16.8 Å². The Morgan fingerprint density at radius 3 is 1.79 bits per heavy atom. The summed E-state index contributed by atoms with van der Waals surface area (Å²) in [5.41, 5.74) is 3.42. The number of fused-ring (bicyclic) bond motifs is 6. The highest BCUT2D eigenvalue weighted by Gasteiger charge is 2.54. The van der Waals surface area contributed by atoms with Gasteiger partial charge in [0, 0.05) is 33.8 Å². The summed E-state index contributed by atoms with van der Waals surface area (Å²) >= 11 is 0. The van der Waals surface area contributed by atoms with Crippen LogP contribution in [0.2, 0.25) is 0 Å². The fourth-order valence-corrected chi connectivity index (χ4v) is 9.09. The van der Waals surface area contributed by atoms with E-state index in [1.165, 1.54) is 5.57 Å². The summed E-state index contributed by atoms with van der Waals surface area (Å²) in [4.78, 5) is 2.01. The molecule has 0 saturated heterocycles. The number of para-hydroxylation sites is 2. The van der Waals surface area contributed by atoms with Gasteiger partial charge in [0.15, 0.2) is 0 Å². The number of anilines is 2. The second-order valence-electron chi connectivity index (χ2n) is 18.0. The molecule has 6 aromatic rings. The molecule has 56 heavy (non-hydrogen) atoms. The third kappa shape index (κ3) is 6.11. The fraction of sp³-hybridized carbons (Fsp3) is 0.333. The molecular formula is C48H46F6N2. The molecule has 2 nitrogen and oxygen atoms in total. The average molecular weight is 765 g/mol. The zero-order valence-electron chi connectivity index (χ0n) is 32.9. The molecule has 1 aromatic heterocycles. The quantitative estimate of drug-likeness (QED) is 0.129. The van der Waals surface area contributed by atoms with Crippen molar-refractivity contribution in [2.24, 2.45) is 11.3 Å². The lowest BCUT2D eigenvalue weighted by molar-refractivity contribution is -0.138. The standard InChI is InChI=1S/C48H46F6N2/c1-28-19-32(45(5,6)7)27-40-38-14-10-12-16-43(38)56(46(28,40)8)36-23-30(21-34(25-36)48(52,53)54)29-20-33(47(49,50)51)24-35(22-29)55-41-15-11-9-13-37(41)39-26-31(44(2,3)4)17-18-42(39)55/h9-18,20-28,40H,19H2,1-8H3. The first-order chi connectivity index (χ1) is 26.1. The molecule has 2 aliphatic rings. The van der Waals surface area contributed by atoms with Gasteiger partial charge in [0.1, 0.15) is 0 Å². The van der Waals surface area contributed by atoms with E-state index in [0.717, 1.165) is 58.3 Å². The summed E-state index contributed by atoms with van der Waals surface area (Å²) in [5, 5.41) is 1.75. The zero-order valence-corrected chi connectivity index (χ0v) is 32.9. The molecular weight excluding hydrogens is 719 g/mol. The molecule has 0 N–H and O–H groups in total. The minimum absolute atomic E-state index is 0.0337. The maximum Gasteiger partial charge on any atom is 0.416 e. The van der Waals surface area contributed by atoms with Gasteiger partial charge in [0.2, 0.25) is 0 Å². The van der Waals surface area contributed by atoms with Gasteiger partial charge >= 0.3 is 12.4 Å². The smallest absolute Gasteiger partial charge is 0.334 e. The van der Waals surface area contributed by atoms with E-state index in [-0.39, 0.29) is 45.2 Å². The number of halogens is 6. The van der Waals surface area contributed by atoms with Gasteiger partial charge in [-0.25, -0.2) is 0 Å². The molecule has 8 heteroatoms. The van der Waals surface area contributed by atoms with Crippen LogP contribution in [-0.2, 0) is 17.8 Å². The molecule has 8 rings (SSSR count). The predicted molar refractivity (Wildman–Crippen MR) is 216 cm³/mol. The van der Waals surface area contributed by atoms with Gasteiger partial charge in [-0.3, -0.25) is 0 Å². The van der Waals surface area contributed by atoms with Gasteiger partial charge in [0.05, 0.1) is 27.7 Å². The van der Waals surface area contributed by atoms with Crippen LogP contribution < -0.4 is 4.90 Å². The SMILES string of the molecule is CC1CC(C(C)(C)C)=CC2c3ccccc3N(c3cc(-c4cc(-n5c6ccccc6c6cc(C(C)(C)C)ccc65)cc(C(F)(F)F)c4)cc(C(F)(F)F)c3)C12C. The summed E-state index contributed by atoms with van der Waals surface area (Å²) in [7, 11) is 0. The molecule has 1 aliphatic heterocycles. The number of allylic oxidation sites excluding steroid dienone is 1. The predicted octanol–water partition coefficient (Wildman–Crippen LogP) is 14.8. The van der Waals surface area contributed by atoms with E-state index in [1.807, 2.05) is 65.6 Å². The van der Waals surface area contributed by atoms with Crippen molar-refractivity contribution in [3.05, 3.63) is 137 Å². The topological polar surface area (TPSA) is 8.17 Å². The molecule has 0 amide bonds. The highest BCUT2D eigenvalue weighted by Crippen LogP contribution is 2.60. The largest absolute Gasteiger partial charge is 0.416 e. The molecule has 0 bridgehead atoms. The van der Waals surface area contributed by atoms with Gasteiger partial charge in [-0.05, 0) is 113 Å². The van der Waals surface area contributed by atoms with Crippen molar-refractivity contribution in [2.75, 3.05) is 4.90 Å². The number of hydrogen-bond donors (Lipinski definition) is 0. The Hall–Kier alpha value is -4.98. The lowest BCUT2D eigenvalue weighted by atomic mass is 9.64. The van der Waals surface area contributed by atoms with E-state index in [4.69, 9.17) is 0 Å². The highest BCUT2D eigenvalue weighted by atomic mass is 19.4. The minimum Gasteiger partial charge on any atom is -0.334 e. The van der Waals surface area contributed by atoms with Crippen LogP contribution in [0, 0.1) is 11.3 Å². The molecule has 3 atom stereocenters. The molecule has 290 valence electrons. The van der Waals surface area contributed by atoms with Gasteiger partial charge in [-0.2, -0.15) is 26.3 Å². The number of hydrogen-bond acceptors (Lipinski definition) is 1. The van der Waals surface area contributed by atoms with E-state index < -0.39 is 29.0 Å². The Morgan fingerprint density at radius 2 is 1.16 bits per heavy atom. The molecule has 2 heterocycles. The van der Waals surface area contributed by atoms with E-state index in [9.17, 15) is 26.3 Å². The minimum atomic E-state index is -4.77. The monoisotopic (exact) mass is 764 g/mol. The first-order valence-electron chi connectivity index (χ1n) is 19.2. The Labute approximate surface area is 324 Å². The molecule has 3 unspecified atom stereocenters. The fourth-order valence-electron chi connectivity index (χ4n) is 9.09. The summed E-state index contributed by atoms with van der Waals surface area (Å²) in [5.74, 6) is -0.0738.